The Balaban J connectivity index is 2.27. The Labute approximate surface area is 116 Å². The van der Waals surface area contributed by atoms with Crippen molar-refractivity contribution >= 4 is 10.8 Å². The van der Waals surface area contributed by atoms with Crippen LogP contribution in [-0.2, 0) is 0 Å². The van der Waals surface area contributed by atoms with Gasteiger partial charge in [-0.2, -0.15) is 5.10 Å². The highest BCUT2D eigenvalue weighted by Gasteiger charge is 2.09. The van der Waals surface area contributed by atoms with E-state index in [1.54, 1.807) is 13.2 Å². The number of hydrogen-bond donors (Lipinski definition) is 1. The fraction of sp³-hybridized carbons (Fsp3) is 0.125. The molecule has 0 radical (unpaired) electrons. The van der Waals surface area contributed by atoms with Crippen LogP contribution in [0.1, 0.15) is 5.56 Å². The van der Waals surface area contributed by atoms with Crippen molar-refractivity contribution in [1.82, 2.24) is 10.2 Å². The summed E-state index contributed by atoms with van der Waals surface area (Å²) in [4.78, 5) is 11.8. The number of nitrogens with one attached hydrogen (secondary N) is 1. The molecular weight excluding hydrogens is 252 g/mol. The molecule has 1 N–H and O–H groups in total. The van der Waals surface area contributed by atoms with Gasteiger partial charge in [0.15, 0.2) is 0 Å². The lowest BCUT2D eigenvalue weighted by Crippen LogP contribution is -2.09. The minimum Gasteiger partial charge on any atom is -0.496 e. The molecule has 0 atom stereocenters. The second-order valence-corrected chi connectivity index (χ2v) is 4.63. The highest BCUT2D eigenvalue weighted by atomic mass is 16.5. The van der Waals surface area contributed by atoms with Crippen LogP contribution in [0, 0.1) is 6.92 Å². The Morgan fingerprint density at radius 3 is 2.55 bits per heavy atom. The highest BCUT2D eigenvalue weighted by Crippen LogP contribution is 2.28. The van der Waals surface area contributed by atoms with Crippen LogP contribution in [0.5, 0.6) is 5.75 Å². The maximum Gasteiger partial charge on any atom is 0.272 e. The minimum atomic E-state index is -0.172. The number of fused-ring (bicyclic) bond motifs is 1. The molecule has 1 aromatic heterocycles. The number of rotatable bonds is 2. The first-order valence-electron chi connectivity index (χ1n) is 6.33. The topological polar surface area (TPSA) is 55.0 Å². The van der Waals surface area contributed by atoms with Gasteiger partial charge in [0.2, 0.25) is 0 Å². The standard InChI is InChI=1S/C16H14N2O2/c1-10-9-11(7-8-14(10)20-2)15-12-5-3-4-6-13(12)16(19)18-17-15/h3-9H,1-2H3,(H,18,19). The summed E-state index contributed by atoms with van der Waals surface area (Å²) in [6.07, 6.45) is 0. The van der Waals surface area contributed by atoms with Gasteiger partial charge in [-0.3, -0.25) is 4.79 Å². The van der Waals surface area contributed by atoms with E-state index in [0.717, 1.165) is 28.0 Å². The van der Waals surface area contributed by atoms with Crippen molar-refractivity contribution in [2.45, 2.75) is 6.92 Å². The Morgan fingerprint density at radius 1 is 1.10 bits per heavy atom. The number of H-pyrrole nitrogens is 1. The highest BCUT2D eigenvalue weighted by molar-refractivity contribution is 5.93. The van der Waals surface area contributed by atoms with E-state index in [1.165, 1.54) is 0 Å². The summed E-state index contributed by atoms with van der Waals surface area (Å²) < 4.78 is 5.26. The average molecular weight is 266 g/mol. The normalized spacial score (nSPS) is 10.7. The monoisotopic (exact) mass is 266 g/mol. The molecule has 0 unspecified atom stereocenters. The molecular formula is C16H14N2O2. The van der Waals surface area contributed by atoms with Crippen LogP contribution in [0.25, 0.3) is 22.0 Å². The van der Waals surface area contributed by atoms with Crippen LogP contribution in [0.3, 0.4) is 0 Å². The molecule has 4 nitrogen and oxygen atoms in total. The van der Waals surface area contributed by atoms with Crippen LogP contribution >= 0.6 is 0 Å². The second-order valence-electron chi connectivity index (χ2n) is 4.63. The van der Waals surface area contributed by atoms with Crippen molar-refractivity contribution in [2.75, 3.05) is 7.11 Å². The Bertz CT molecular complexity index is 837. The summed E-state index contributed by atoms with van der Waals surface area (Å²) in [5.41, 5.74) is 2.58. The lowest BCUT2D eigenvalue weighted by Gasteiger charge is -2.08. The molecule has 3 aromatic rings. The number of nitrogens with zero attached hydrogens (tertiary/aromatic N) is 1. The van der Waals surface area contributed by atoms with Gasteiger partial charge in [0.25, 0.3) is 5.56 Å². The third-order valence-corrected chi connectivity index (χ3v) is 3.36. The fourth-order valence-electron chi connectivity index (χ4n) is 2.36. The summed E-state index contributed by atoms with van der Waals surface area (Å²) in [6.45, 7) is 1.98. The van der Waals surface area contributed by atoms with Crippen molar-refractivity contribution in [3.8, 4) is 17.0 Å². The van der Waals surface area contributed by atoms with Crippen LogP contribution in [0.15, 0.2) is 47.3 Å². The molecule has 0 aliphatic heterocycles. The Morgan fingerprint density at radius 2 is 1.85 bits per heavy atom. The SMILES string of the molecule is COc1ccc(-c2n[nH]c(=O)c3ccccc23)cc1C. The smallest absolute Gasteiger partial charge is 0.272 e. The zero-order valence-electron chi connectivity index (χ0n) is 11.3. The third-order valence-electron chi connectivity index (χ3n) is 3.36. The molecule has 0 aliphatic rings. The molecule has 0 aliphatic carbocycles. The summed E-state index contributed by atoms with van der Waals surface area (Å²) in [5.74, 6) is 0.836. The zero-order chi connectivity index (χ0) is 14.1. The van der Waals surface area contributed by atoms with E-state index >= 15 is 0 Å². The summed E-state index contributed by atoms with van der Waals surface area (Å²) >= 11 is 0. The Kier molecular flexibility index (Phi) is 2.99. The first-order chi connectivity index (χ1) is 9.70. The van der Waals surface area contributed by atoms with Crippen molar-refractivity contribution in [3.63, 3.8) is 0 Å². The number of hydrogen-bond acceptors (Lipinski definition) is 3. The number of aromatic amines is 1. The van der Waals surface area contributed by atoms with E-state index in [1.807, 2.05) is 43.3 Å². The van der Waals surface area contributed by atoms with Crippen LogP contribution in [0.2, 0.25) is 0 Å². The predicted octanol–water partition coefficient (Wildman–Crippen LogP) is 2.91. The number of aromatic nitrogens is 2. The predicted molar refractivity (Wildman–Crippen MR) is 79.1 cm³/mol. The summed E-state index contributed by atoms with van der Waals surface area (Å²) in [6, 6.07) is 13.3. The lowest BCUT2D eigenvalue weighted by molar-refractivity contribution is 0.412. The van der Waals surface area contributed by atoms with Gasteiger partial charge < -0.3 is 4.74 Å². The van der Waals surface area contributed by atoms with Crippen molar-refractivity contribution in [3.05, 3.63) is 58.4 Å². The maximum atomic E-state index is 11.8. The number of benzene rings is 2. The van der Waals surface area contributed by atoms with E-state index in [0.29, 0.717) is 5.39 Å². The van der Waals surface area contributed by atoms with E-state index in [2.05, 4.69) is 10.2 Å². The molecule has 20 heavy (non-hydrogen) atoms. The van der Waals surface area contributed by atoms with Gasteiger partial charge in [-0.25, -0.2) is 5.10 Å². The maximum absolute atomic E-state index is 11.8. The van der Waals surface area contributed by atoms with Gasteiger partial charge in [-0.15, -0.1) is 0 Å². The van der Waals surface area contributed by atoms with Crippen molar-refractivity contribution < 1.29 is 4.74 Å². The quantitative estimate of drug-likeness (QED) is 0.776. The van der Waals surface area contributed by atoms with Gasteiger partial charge >= 0.3 is 0 Å². The second kappa shape index (κ2) is 4.81. The first kappa shape index (κ1) is 12.4. The summed E-state index contributed by atoms with van der Waals surface area (Å²) in [5, 5.41) is 8.24. The molecule has 100 valence electrons. The molecule has 0 fully saturated rings. The lowest BCUT2D eigenvalue weighted by atomic mass is 10.0. The van der Waals surface area contributed by atoms with Gasteiger partial charge in [-0.1, -0.05) is 18.2 Å². The number of aryl methyl sites for hydroxylation is 1. The minimum absolute atomic E-state index is 0.172. The summed E-state index contributed by atoms with van der Waals surface area (Å²) in [7, 11) is 1.65. The third kappa shape index (κ3) is 1.95. The molecule has 0 spiro atoms. The fourth-order valence-corrected chi connectivity index (χ4v) is 2.36. The van der Waals surface area contributed by atoms with E-state index in [4.69, 9.17) is 4.74 Å². The van der Waals surface area contributed by atoms with Gasteiger partial charge in [0.1, 0.15) is 5.75 Å². The molecule has 0 saturated heterocycles. The molecule has 2 aromatic carbocycles. The van der Waals surface area contributed by atoms with Gasteiger partial charge in [0, 0.05) is 10.9 Å². The number of methoxy groups -OCH3 is 1. The van der Waals surface area contributed by atoms with E-state index in [-0.39, 0.29) is 5.56 Å². The molecule has 0 amide bonds. The zero-order valence-corrected chi connectivity index (χ0v) is 11.3. The largest absolute Gasteiger partial charge is 0.496 e. The molecule has 4 heteroatoms. The first-order valence-corrected chi connectivity index (χ1v) is 6.33. The van der Waals surface area contributed by atoms with Crippen LogP contribution in [-0.4, -0.2) is 17.3 Å². The average Bonchev–Trinajstić information content (AvgIpc) is 2.48. The van der Waals surface area contributed by atoms with E-state index in [9.17, 15) is 4.79 Å². The molecule has 0 bridgehead atoms. The Hall–Kier alpha value is -2.62. The van der Waals surface area contributed by atoms with Gasteiger partial charge in [0.05, 0.1) is 18.2 Å². The molecule has 1 heterocycles. The molecule has 0 saturated carbocycles. The van der Waals surface area contributed by atoms with Crippen molar-refractivity contribution in [2.24, 2.45) is 0 Å². The van der Waals surface area contributed by atoms with Crippen LogP contribution in [0.4, 0.5) is 0 Å². The van der Waals surface area contributed by atoms with E-state index < -0.39 is 0 Å². The van der Waals surface area contributed by atoms with Crippen molar-refractivity contribution in [1.29, 1.82) is 0 Å². The number of ether oxygens (including phenoxy) is 1. The molecule has 3 rings (SSSR count). The van der Waals surface area contributed by atoms with Gasteiger partial charge in [-0.05, 0) is 36.8 Å². The van der Waals surface area contributed by atoms with Crippen LogP contribution < -0.4 is 10.3 Å².